The lowest BCUT2D eigenvalue weighted by molar-refractivity contribution is -0.120. The number of aromatic nitrogens is 1. The molecule has 1 unspecified atom stereocenters. The zero-order chi connectivity index (χ0) is 14.3. The summed E-state index contributed by atoms with van der Waals surface area (Å²) in [6, 6.07) is 5.74. The van der Waals surface area contributed by atoms with E-state index < -0.39 is 5.60 Å². The Labute approximate surface area is 119 Å². The summed E-state index contributed by atoms with van der Waals surface area (Å²) >= 11 is 1.52. The van der Waals surface area contributed by atoms with E-state index in [4.69, 9.17) is 0 Å². The van der Waals surface area contributed by atoms with Gasteiger partial charge in [-0.05, 0) is 25.0 Å². The van der Waals surface area contributed by atoms with Crippen molar-refractivity contribution in [1.29, 1.82) is 0 Å². The van der Waals surface area contributed by atoms with Gasteiger partial charge in [0, 0.05) is 18.5 Å². The van der Waals surface area contributed by atoms with Crippen molar-refractivity contribution >= 4 is 17.7 Å². The molecule has 1 aromatic rings. The van der Waals surface area contributed by atoms with Gasteiger partial charge >= 0.3 is 0 Å². The predicted octanol–water partition coefficient (Wildman–Crippen LogP) is 1.84. The van der Waals surface area contributed by atoms with Crippen molar-refractivity contribution in [3.63, 3.8) is 0 Å². The molecule has 0 fully saturated rings. The number of carbonyl (C=O) groups is 1. The number of thioether (sulfide) groups is 1. The van der Waals surface area contributed by atoms with Gasteiger partial charge in [0.25, 0.3) is 0 Å². The molecular weight excluding hydrogens is 260 g/mol. The van der Waals surface area contributed by atoms with Crippen molar-refractivity contribution in [2.24, 2.45) is 5.92 Å². The van der Waals surface area contributed by atoms with Gasteiger partial charge in [-0.15, -0.1) is 11.8 Å². The number of pyridine rings is 1. The molecule has 19 heavy (non-hydrogen) atoms. The van der Waals surface area contributed by atoms with Gasteiger partial charge in [-0.25, -0.2) is 0 Å². The normalized spacial score (nSPS) is 14.2. The zero-order valence-corrected chi connectivity index (χ0v) is 12.5. The highest BCUT2D eigenvalue weighted by Gasteiger charge is 2.25. The maximum absolute atomic E-state index is 11.6. The highest BCUT2D eigenvalue weighted by Crippen LogP contribution is 2.14. The van der Waals surface area contributed by atoms with Crippen molar-refractivity contribution in [3.8, 4) is 0 Å². The van der Waals surface area contributed by atoms with Crippen LogP contribution in [0.2, 0.25) is 0 Å². The minimum absolute atomic E-state index is 0.0538. The summed E-state index contributed by atoms with van der Waals surface area (Å²) in [5.41, 5.74) is 0.107. The van der Waals surface area contributed by atoms with Crippen LogP contribution in [0.15, 0.2) is 24.4 Å². The van der Waals surface area contributed by atoms with Gasteiger partial charge < -0.3 is 10.4 Å². The lowest BCUT2D eigenvalue weighted by Gasteiger charge is -2.27. The Morgan fingerprint density at radius 1 is 1.53 bits per heavy atom. The van der Waals surface area contributed by atoms with E-state index in [9.17, 15) is 9.90 Å². The number of carbonyl (C=O) groups excluding carboxylic acids is 1. The molecule has 2 N–H and O–H groups in total. The quantitative estimate of drug-likeness (QED) is 0.801. The Morgan fingerprint density at radius 3 is 2.84 bits per heavy atom. The van der Waals surface area contributed by atoms with Crippen molar-refractivity contribution in [3.05, 3.63) is 30.1 Å². The lowest BCUT2D eigenvalue weighted by atomic mass is 9.93. The highest BCUT2D eigenvalue weighted by molar-refractivity contribution is 7.99. The summed E-state index contributed by atoms with van der Waals surface area (Å²) in [5.74, 6) is 1.15. The Bertz CT molecular complexity index is 394. The molecule has 106 valence electrons. The van der Waals surface area contributed by atoms with E-state index in [0.29, 0.717) is 5.75 Å². The first-order valence-electron chi connectivity index (χ1n) is 6.38. The maximum atomic E-state index is 11.6. The van der Waals surface area contributed by atoms with Crippen LogP contribution in [-0.2, 0) is 10.5 Å². The number of aliphatic hydroxyl groups is 1. The highest BCUT2D eigenvalue weighted by atomic mass is 32.2. The SMILES string of the molecule is CC(C)C(C)(O)CNC(=O)CSCc1ccccn1. The molecule has 0 saturated carbocycles. The number of hydrogen-bond donors (Lipinski definition) is 2. The minimum Gasteiger partial charge on any atom is -0.388 e. The van der Waals surface area contributed by atoms with Crippen molar-refractivity contribution < 1.29 is 9.90 Å². The van der Waals surface area contributed by atoms with Crippen LogP contribution in [0.3, 0.4) is 0 Å². The predicted molar refractivity (Wildman–Crippen MR) is 78.9 cm³/mol. The third-order valence-electron chi connectivity index (χ3n) is 3.10. The Balaban J connectivity index is 2.22. The molecule has 1 rings (SSSR count). The molecule has 0 bridgehead atoms. The first kappa shape index (κ1) is 16.0. The molecule has 0 saturated heterocycles. The van der Waals surface area contributed by atoms with Crippen LogP contribution in [0.1, 0.15) is 26.5 Å². The minimum atomic E-state index is -0.860. The van der Waals surface area contributed by atoms with E-state index in [1.54, 1.807) is 13.1 Å². The van der Waals surface area contributed by atoms with Crippen LogP contribution in [0.4, 0.5) is 0 Å². The number of amides is 1. The topological polar surface area (TPSA) is 62.2 Å². The Kier molecular flexibility index (Phi) is 6.31. The summed E-state index contributed by atoms with van der Waals surface area (Å²) in [6.07, 6.45) is 1.75. The molecule has 1 amide bonds. The molecule has 0 aliphatic heterocycles. The summed E-state index contributed by atoms with van der Waals surface area (Å²) in [4.78, 5) is 15.8. The van der Waals surface area contributed by atoms with E-state index >= 15 is 0 Å². The number of nitrogens with zero attached hydrogens (tertiary/aromatic N) is 1. The van der Waals surface area contributed by atoms with E-state index in [0.717, 1.165) is 11.4 Å². The summed E-state index contributed by atoms with van der Waals surface area (Å²) in [5, 5.41) is 12.8. The molecule has 0 aliphatic carbocycles. The van der Waals surface area contributed by atoms with Gasteiger partial charge in [0.05, 0.1) is 17.0 Å². The van der Waals surface area contributed by atoms with Crippen molar-refractivity contribution in [1.82, 2.24) is 10.3 Å². The number of rotatable bonds is 7. The third-order valence-corrected chi connectivity index (χ3v) is 4.06. The average Bonchev–Trinajstić information content (AvgIpc) is 2.37. The molecule has 4 nitrogen and oxygen atoms in total. The van der Waals surface area contributed by atoms with Crippen molar-refractivity contribution in [2.45, 2.75) is 32.1 Å². The molecule has 0 aliphatic rings. The van der Waals surface area contributed by atoms with Gasteiger partial charge in [-0.1, -0.05) is 19.9 Å². The second-order valence-electron chi connectivity index (χ2n) is 5.10. The van der Waals surface area contributed by atoms with Crippen LogP contribution >= 0.6 is 11.8 Å². The van der Waals surface area contributed by atoms with Crippen molar-refractivity contribution in [2.75, 3.05) is 12.3 Å². The fourth-order valence-corrected chi connectivity index (χ4v) is 2.03. The van der Waals surface area contributed by atoms with Crippen LogP contribution in [-0.4, -0.2) is 33.9 Å². The second kappa shape index (κ2) is 7.50. The summed E-state index contributed by atoms with van der Waals surface area (Å²) < 4.78 is 0. The van der Waals surface area contributed by atoms with Gasteiger partial charge in [-0.3, -0.25) is 9.78 Å². The maximum Gasteiger partial charge on any atom is 0.230 e. The average molecular weight is 282 g/mol. The molecule has 5 heteroatoms. The molecule has 0 aromatic carbocycles. The summed E-state index contributed by atoms with van der Waals surface area (Å²) in [7, 11) is 0. The summed E-state index contributed by atoms with van der Waals surface area (Å²) in [6.45, 7) is 5.89. The molecular formula is C14H22N2O2S. The molecule has 1 aromatic heterocycles. The van der Waals surface area contributed by atoms with E-state index in [-0.39, 0.29) is 18.4 Å². The van der Waals surface area contributed by atoms with Crippen LogP contribution < -0.4 is 5.32 Å². The fourth-order valence-electron chi connectivity index (χ4n) is 1.26. The lowest BCUT2D eigenvalue weighted by Crippen LogP contribution is -2.44. The zero-order valence-electron chi connectivity index (χ0n) is 11.7. The van der Waals surface area contributed by atoms with Gasteiger partial charge in [0.2, 0.25) is 5.91 Å². The van der Waals surface area contributed by atoms with E-state index in [2.05, 4.69) is 10.3 Å². The molecule has 0 radical (unpaired) electrons. The first-order chi connectivity index (χ1) is 8.92. The first-order valence-corrected chi connectivity index (χ1v) is 7.54. The fraction of sp³-hybridized carbons (Fsp3) is 0.571. The third kappa shape index (κ3) is 6.07. The molecule has 0 spiro atoms. The second-order valence-corrected chi connectivity index (χ2v) is 6.09. The van der Waals surface area contributed by atoms with Crippen LogP contribution in [0.25, 0.3) is 0 Å². The Hall–Kier alpha value is -1.07. The van der Waals surface area contributed by atoms with Gasteiger partial charge in [0.1, 0.15) is 0 Å². The van der Waals surface area contributed by atoms with Crippen LogP contribution in [0, 0.1) is 5.92 Å². The largest absolute Gasteiger partial charge is 0.388 e. The number of hydrogen-bond acceptors (Lipinski definition) is 4. The van der Waals surface area contributed by atoms with E-state index in [1.165, 1.54) is 11.8 Å². The van der Waals surface area contributed by atoms with E-state index in [1.807, 2.05) is 32.0 Å². The molecule has 1 heterocycles. The van der Waals surface area contributed by atoms with Gasteiger partial charge in [0.15, 0.2) is 0 Å². The van der Waals surface area contributed by atoms with Crippen LogP contribution in [0.5, 0.6) is 0 Å². The van der Waals surface area contributed by atoms with Gasteiger partial charge in [-0.2, -0.15) is 0 Å². The molecule has 1 atom stereocenters. The Morgan fingerprint density at radius 2 is 2.26 bits per heavy atom. The number of nitrogens with one attached hydrogen (secondary N) is 1. The smallest absolute Gasteiger partial charge is 0.230 e. The monoisotopic (exact) mass is 282 g/mol. The standard InChI is InChI=1S/C14H22N2O2S/c1-11(2)14(3,18)10-16-13(17)9-19-8-12-6-4-5-7-15-12/h4-7,11,18H,8-10H2,1-3H3,(H,16,17).